The summed E-state index contributed by atoms with van der Waals surface area (Å²) in [4.78, 5) is 28.4. The maximum atomic E-state index is 14.0. The fourth-order valence-electron chi connectivity index (χ4n) is 3.81. The Balaban J connectivity index is 2.07. The smallest absolute Gasteiger partial charge is 0.264 e. The van der Waals surface area contributed by atoms with E-state index in [1.807, 2.05) is 45.0 Å². The standard InChI is InChI=1S/C28H30BrCl2N3O4S/c1-19(27(36)32-28(2,3)4)33(17-20-10-8-11-21(29)16-20)25(35)18-34(24-15-9-14-23(30)26(24)31)39(37,38)22-12-6-5-7-13-22/h5-16,19H,17-18H2,1-4H3,(H,32,36)/t19-/m0/s1. The number of amides is 2. The SMILES string of the molecule is C[C@@H](C(=O)NC(C)(C)C)N(Cc1cccc(Br)c1)C(=O)CN(c1cccc(Cl)c1Cl)S(=O)(=O)c1ccccc1. The number of nitrogens with zero attached hydrogens (tertiary/aromatic N) is 2. The molecule has 3 aromatic rings. The molecule has 7 nitrogen and oxygen atoms in total. The Morgan fingerprint density at radius 1 is 0.974 bits per heavy atom. The number of carbonyl (C=O) groups is 2. The van der Waals surface area contributed by atoms with Crippen LogP contribution < -0.4 is 9.62 Å². The predicted octanol–water partition coefficient (Wildman–Crippen LogP) is 6.28. The first-order chi connectivity index (χ1) is 18.2. The minimum atomic E-state index is -4.24. The average Bonchev–Trinajstić information content (AvgIpc) is 2.86. The number of sulfonamides is 1. The molecule has 1 N–H and O–H groups in total. The van der Waals surface area contributed by atoms with Gasteiger partial charge in [-0.3, -0.25) is 13.9 Å². The third-order valence-corrected chi connectivity index (χ3v) is 8.79. The Labute approximate surface area is 248 Å². The summed E-state index contributed by atoms with van der Waals surface area (Å²) in [7, 11) is -4.24. The Hall–Kier alpha value is -2.59. The van der Waals surface area contributed by atoms with Crippen LogP contribution in [0.15, 0.2) is 82.2 Å². The van der Waals surface area contributed by atoms with E-state index in [1.54, 1.807) is 31.2 Å². The molecular weight excluding hydrogens is 625 g/mol. The third kappa shape index (κ3) is 7.97. The van der Waals surface area contributed by atoms with E-state index in [4.69, 9.17) is 23.2 Å². The molecule has 0 heterocycles. The lowest BCUT2D eigenvalue weighted by atomic mass is 10.1. The van der Waals surface area contributed by atoms with Crippen molar-refractivity contribution in [3.63, 3.8) is 0 Å². The van der Waals surface area contributed by atoms with E-state index in [2.05, 4.69) is 21.2 Å². The lowest BCUT2D eigenvalue weighted by molar-refractivity contribution is -0.140. The molecule has 0 saturated heterocycles. The Kier molecular flexibility index (Phi) is 10.1. The molecule has 0 radical (unpaired) electrons. The fraction of sp³-hybridized carbons (Fsp3) is 0.286. The van der Waals surface area contributed by atoms with Gasteiger partial charge in [0, 0.05) is 16.6 Å². The van der Waals surface area contributed by atoms with E-state index in [0.29, 0.717) is 0 Å². The topological polar surface area (TPSA) is 86.8 Å². The second kappa shape index (κ2) is 12.7. The van der Waals surface area contributed by atoms with E-state index < -0.39 is 34.1 Å². The minimum Gasteiger partial charge on any atom is -0.350 e. The maximum Gasteiger partial charge on any atom is 0.264 e. The molecule has 0 unspecified atom stereocenters. The lowest BCUT2D eigenvalue weighted by Crippen LogP contribution is -2.54. The quantitative estimate of drug-likeness (QED) is 0.294. The summed E-state index contributed by atoms with van der Waals surface area (Å²) < 4.78 is 29.4. The van der Waals surface area contributed by atoms with Crippen LogP contribution in [-0.4, -0.2) is 43.3 Å². The van der Waals surface area contributed by atoms with Gasteiger partial charge in [-0.2, -0.15) is 0 Å². The second-order valence-electron chi connectivity index (χ2n) is 9.96. The highest BCUT2D eigenvalue weighted by Gasteiger charge is 2.34. The molecule has 3 aromatic carbocycles. The Morgan fingerprint density at radius 2 is 1.62 bits per heavy atom. The van der Waals surface area contributed by atoms with E-state index in [1.165, 1.54) is 29.2 Å². The zero-order chi connectivity index (χ0) is 29.0. The van der Waals surface area contributed by atoms with Gasteiger partial charge >= 0.3 is 0 Å². The monoisotopic (exact) mass is 653 g/mol. The molecule has 1 atom stereocenters. The van der Waals surface area contributed by atoms with Crippen LogP contribution in [0.4, 0.5) is 5.69 Å². The summed E-state index contributed by atoms with van der Waals surface area (Å²) in [5.41, 5.74) is 0.272. The van der Waals surface area contributed by atoms with Gasteiger partial charge in [0.2, 0.25) is 11.8 Å². The van der Waals surface area contributed by atoms with Crippen molar-refractivity contribution < 1.29 is 18.0 Å². The Bertz CT molecular complexity index is 1450. The van der Waals surface area contributed by atoms with Crippen molar-refractivity contribution in [3.8, 4) is 0 Å². The summed E-state index contributed by atoms with van der Waals surface area (Å²) in [6, 6.07) is 18.7. The van der Waals surface area contributed by atoms with Gasteiger partial charge in [0.1, 0.15) is 12.6 Å². The van der Waals surface area contributed by atoms with E-state index in [-0.39, 0.29) is 33.1 Å². The van der Waals surface area contributed by atoms with Crippen LogP contribution in [0.5, 0.6) is 0 Å². The molecule has 11 heteroatoms. The van der Waals surface area contributed by atoms with Gasteiger partial charge in [0.05, 0.1) is 20.6 Å². The second-order valence-corrected chi connectivity index (χ2v) is 13.5. The number of rotatable bonds is 9. The van der Waals surface area contributed by atoms with E-state index in [0.717, 1.165) is 14.3 Å². The summed E-state index contributed by atoms with van der Waals surface area (Å²) >= 11 is 16.1. The van der Waals surface area contributed by atoms with Crippen molar-refractivity contribution >= 4 is 66.7 Å². The molecule has 0 aromatic heterocycles. The first-order valence-electron chi connectivity index (χ1n) is 12.1. The maximum absolute atomic E-state index is 14.0. The van der Waals surface area contributed by atoms with E-state index in [9.17, 15) is 18.0 Å². The molecule has 0 fully saturated rings. The van der Waals surface area contributed by atoms with Gasteiger partial charge in [-0.15, -0.1) is 0 Å². The summed E-state index contributed by atoms with van der Waals surface area (Å²) in [6.45, 7) is 6.59. The van der Waals surface area contributed by atoms with Crippen molar-refractivity contribution in [2.24, 2.45) is 0 Å². The molecule has 0 spiro atoms. The third-order valence-electron chi connectivity index (χ3n) is 5.72. The summed E-state index contributed by atoms with van der Waals surface area (Å²) in [5, 5.41) is 3.02. The van der Waals surface area contributed by atoms with Crippen molar-refractivity contribution in [1.82, 2.24) is 10.2 Å². The molecule has 39 heavy (non-hydrogen) atoms. The highest BCUT2D eigenvalue weighted by Crippen LogP contribution is 2.35. The molecular formula is C28H30BrCl2N3O4S. The highest BCUT2D eigenvalue weighted by molar-refractivity contribution is 9.10. The highest BCUT2D eigenvalue weighted by atomic mass is 79.9. The van der Waals surface area contributed by atoms with E-state index >= 15 is 0 Å². The van der Waals surface area contributed by atoms with Crippen LogP contribution in [0, 0.1) is 0 Å². The molecule has 0 bridgehead atoms. The van der Waals surface area contributed by atoms with Crippen molar-refractivity contribution in [2.45, 2.75) is 50.7 Å². The molecule has 2 amide bonds. The lowest BCUT2D eigenvalue weighted by Gasteiger charge is -2.33. The number of anilines is 1. The van der Waals surface area contributed by atoms with Crippen LogP contribution in [0.25, 0.3) is 0 Å². The van der Waals surface area contributed by atoms with Crippen LogP contribution in [0.2, 0.25) is 10.0 Å². The molecule has 0 aliphatic carbocycles. The van der Waals surface area contributed by atoms with Gasteiger partial charge in [-0.1, -0.05) is 75.5 Å². The van der Waals surface area contributed by atoms with Crippen molar-refractivity contribution in [2.75, 3.05) is 10.8 Å². The fourth-order valence-corrected chi connectivity index (χ4v) is 6.15. The summed E-state index contributed by atoms with van der Waals surface area (Å²) in [6.07, 6.45) is 0. The van der Waals surface area contributed by atoms with Gasteiger partial charge in [-0.05, 0) is 69.7 Å². The summed E-state index contributed by atoms with van der Waals surface area (Å²) in [5.74, 6) is -0.966. The van der Waals surface area contributed by atoms with Crippen LogP contribution in [0.3, 0.4) is 0 Å². The van der Waals surface area contributed by atoms with Crippen LogP contribution in [-0.2, 0) is 26.2 Å². The number of hydrogen-bond acceptors (Lipinski definition) is 4. The largest absolute Gasteiger partial charge is 0.350 e. The van der Waals surface area contributed by atoms with Gasteiger partial charge in [-0.25, -0.2) is 8.42 Å². The number of halogens is 3. The molecule has 3 rings (SSSR count). The number of nitrogens with one attached hydrogen (secondary N) is 1. The molecule has 208 valence electrons. The first kappa shape index (κ1) is 30.9. The Morgan fingerprint density at radius 3 is 2.23 bits per heavy atom. The molecule has 0 saturated carbocycles. The van der Waals surface area contributed by atoms with Crippen molar-refractivity contribution in [1.29, 1.82) is 0 Å². The number of hydrogen-bond donors (Lipinski definition) is 1. The van der Waals surface area contributed by atoms with Gasteiger partial charge in [0.25, 0.3) is 10.0 Å². The zero-order valence-electron chi connectivity index (χ0n) is 22.0. The number of carbonyl (C=O) groups excluding carboxylic acids is 2. The van der Waals surface area contributed by atoms with Gasteiger partial charge < -0.3 is 10.2 Å². The predicted molar refractivity (Wildman–Crippen MR) is 159 cm³/mol. The normalized spacial score (nSPS) is 12.5. The van der Waals surface area contributed by atoms with Crippen LogP contribution in [0.1, 0.15) is 33.3 Å². The van der Waals surface area contributed by atoms with Crippen molar-refractivity contribution in [3.05, 3.63) is 92.9 Å². The van der Waals surface area contributed by atoms with Gasteiger partial charge in [0.15, 0.2) is 0 Å². The average molecular weight is 655 g/mol. The zero-order valence-corrected chi connectivity index (χ0v) is 25.9. The molecule has 0 aliphatic rings. The van der Waals surface area contributed by atoms with Crippen LogP contribution >= 0.6 is 39.1 Å². The minimum absolute atomic E-state index is 0.0106. The molecule has 0 aliphatic heterocycles. The first-order valence-corrected chi connectivity index (χ1v) is 15.1. The number of benzene rings is 3.